The Balaban J connectivity index is 2.02. The van der Waals surface area contributed by atoms with Gasteiger partial charge in [-0.1, -0.05) is 18.2 Å². The molecule has 0 unspecified atom stereocenters. The number of rotatable bonds is 3. The van der Waals surface area contributed by atoms with Crippen LogP contribution < -0.4 is 0 Å². The quantitative estimate of drug-likeness (QED) is 0.718. The normalized spacial score (nSPS) is 10.4. The second-order valence-electron chi connectivity index (χ2n) is 3.33. The van der Waals surface area contributed by atoms with Crippen LogP contribution in [0.2, 0.25) is 0 Å². The predicted molar refractivity (Wildman–Crippen MR) is 62.4 cm³/mol. The molecule has 0 fully saturated rings. The zero-order valence-electron chi connectivity index (χ0n) is 8.49. The van der Waals surface area contributed by atoms with Crippen molar-refractivity contribution in [2.75, 3.05) is 0 Å². The fraction of sp³-hybridized carbons (Fsp3) is 0.0769. The van der Waals surface area contributed by atoms with Crippen LogP contribution in [0.1, 0.15) is 5.56 Å². The summed E-state index contributed by atoms with van der Waals surface area (Å²) in [7, 11) is 0. The van der Waals surface area contributed by atoms with Crippen LogP contribution in [0.5, 0.6) is 0 Å². The van der Waals surface area contributed by atoms with E-state index in [0.717, 1.165) is 4.90 Å². The maximum atomic E-state index is 13.3. The molecule has 2 rings (SSSR count). The van der Waals surface area contributed by atoms with E-state index in [1.165, 1.54) is 30.0 Å². The highest BCUT2D eigenvalue weighted by Gasteiger charge is 2.01. The van der Waals surface area contributed by atoms with Crippen LogP contribution in [-0.2, 0) is 5.75 Å². The van der Waals surface area contributed by atoms with Gasteiger partial charge in [0.05, 0.1) is 0 Å². The number of hydrogen-bond donors (Lipinski definition) is 0. The Morgan fingerprint density at radius 2 is 1.56 bits per heavy atom. The van der Waals surface area contributed by atoms with E-state index in [2.05, 4.69) is 0 Å². The molecular formula is C13H10F2S. The Bertz CT molecular complexity index is 466. The van der Waals surface area contributed by atoms with Crippen molar-refractivity contribution in [2.45, 2.75) is 10.6 Å². The van der Waals surface area contributed by atoms with Crippen molar-refractivity contribution in [2.24, 2.45) is 0 Å². The van der Waals surface area contributed by atoms with Crippen LogP contribution >= 0.6 is 11.8 Å². The summed E-state index contributed by atoms with van der Waals surface area (Å²) < 4.78 is 25.9. The molecule has 2 aromatic carbocycles. The molecule has 2 aromatic rings. The molecule has 0 atom stereocenters. The number of thioether (sulfide) groups is 1. The third-order valence-electron chi connectivity index (χ3n) is 2.17. The first-order valence-electron chi connectivity index (χ1n) is 4.87. The third kappa shape index (κ3) is 2.83. The zero-order valence-corrected chi connectivity index (χ0v) is 9.31. The van der Waals surface area contributed by atoms with E-state index in [4.69, 9.17) is 0 Å². The Labute approximate surface area is 97.3 Å². The standard InChI is InChI=1S/C13H10F2S/c14-11-5-7-12(8-6-11)16-9-10-3-1-2-4-13(10)15/h1-8H,9H2. The highest BCUT2D eigenvalue weighted by Crippen LogP contribution is 2.23. The van der Waals surface area contributed by atoms with Crippen molar-refractivity contribution in [1.82, 2.24) is 0 Å². The number of halogens is 2. The molecule has 0 N–H and O–H groups in total. The summed E-state index contributed by atoms with van der Waals surface area (Å²) in [6.45, 7) is 0. The van der Waals surface area contributed by atoms with E-state index in [1.54, 1.807) is 24.3 Å². The van der Waals surface area contributed by atoms with Gasteiger partial charge in [-0.15, -0.1) is 11.8 Å². The summed E-state index contributed by atoms with van der Waals surface area (Å²) in [5, 5.41) is 0. The molecule has 0 saturated heterocycles. The van der Waals surface area contributed by atoms with Crippen LogP contribution in [0.15, 0.2) is 53.4 Å². The van der Waals surface area contributed by atoms with Crippen LogP contribution in [-0.4, -0.2) is 0 Å². The van der Waals surface area contributed by atoms with E-state index in [-0.39, 0.29) is 11.6 Å². The molecule has 82 valence electrons. The van der Waals surface area contributed by atoms with Gasteiger partial charge in [0.15, 0.2) is 0 Å². The molecular weight excluding hydrogens is 226 g/mol. The maximum Gasteiger partial charge on any atom is 0.127 e. The van der Waals surface area contributed by atoms with E-state index in [9.17, 15) is 8.78 Å². The van der Waals surface area contributed by atoms with Crippen molar-refractivity contribution in [1.29, 1.82) is 0 Å². The number of hydrogen-bond acceptors (Lipinski definition) is 1. The van der Waals surface area contributed by atoms with Gasteiger partial charge in [0.1, 0.15) is 11.6 Å². The van der Waals surface area contributed by atoms with Crippen LogP contribution in [0, 0.1) is 11.6 Å². The number of benzene rings is 2. The van der Waals surface area contributed by atoms with Gasteiger partial charge in [0, 0.05) is 10.6 Å². The molecule has 0 spiro atoms. The first-order chi connectivity index (χ1) is 7.75. The van der Waals surface area contributed by atoms with Gasteiger partial charge in [-0.05, 0) is 35.9 Å². The van der Waals surface area contributed by atoms with Gasteiger partial charge in [0.2, 0.25) is 0 Å². The first-order valence-corrected chi connectivity index (χ1v) is 5.86. The minimum absolute atomic E-state index is 0.197. The average molecular weight is 236 g/mol. The largest absolute Gasteiger partial charge is 0.207 e. The molecule has 3 heteroatoms. The molecule has 0 aromatic heterocycles. The van der Waals surface area contributed by atoms with Gasteiger partial charge in [-0.3, -0.25) is 0 Å². The van der Waals surface area contributed by atoms with Gasteiger partial charge in [-0.25, -0.2) is 8.78 Å². The highest BCUT2D eigenvalue weighted by atomic mass is 32.2. The minimum Gasteiger partial charge on any atom is -0.207 e. The summed E-state index contributed by atoms with van der Waals surface area (Å²) in [4.78, 5) is 0.935. The van der Waals surface area contributed by atoms with E-state index < -0.39 is 0 Å². The van der Waals surface area contributed by atoms with Gasteiger partial charge in [0.25, 0.3) is 0 Å². The molecule has 0 heterocycles. The first kappa shape index (κ1) is 11.1. The monoisotopic (exact) mass is 236 g/mol. The maximum absolute atomic E-state index is 13.3. The van der Waals surface area contributed by atoms with Crippen molar-refractivity contribution in [3.05, 3.63) is 65.7 Å². The minimum atomic E-state index is -0.254. The molecule has 0 nitrogen and oxygen atoms in total. The summed E-state index contributed by atoms with van der Waals surface area (Å²) in [5.41, 5.74) is 0.664. The molecule has 16 heavy (non-hydrogen) atoms. The highest BCUT2D eigenvalue weighted by molar-refractivity contribution is 7.98. The average Bonchev–Trinajstić information content (AvgIpc) is 2.30. The van der Waals surface area contributed by atoms with E-state index in [1.807, 2.05) is 6.07 Å². The predicted octanol–water partition coefficient (Wildman–Crippen LogP) is 4.26. The Kier molecular flexibility index (Phi) is 3.57. The van der Waals surface area contributed by atoms with Gasteiger partial charge < -0.3 is 0 Å². The molecule has 0 bridgehead atoms. The lowest BCUT2D eigenvalue weighted by Crippen LogP contribution is -1.86. The fourth-order valence-corrected chi connectivity index (χ4v) is 2.19. The van der Waals surface area contributed by atoms with Crippen LogP contribution in [0.3, 0.4) is 0 Å². The smallest absolute Gasteiger partial charge is 0.127 e. The molecule has 0 aliphatic carbocycles. The zero-order chi connectivity index (χ0) is 11.4. The summed E-state index contributed by atoms with van der Waals surface area (Å²) >= 11 is 1.49. The Morgan fingerprint density at radius 3 is 2.25 bits per heavy atom. The Morgan fingerprint density at radius 1 is 0.875 bits per heavy atom. The second kappa shape index (κ2) is 5.12. The lowest BCUT2D eigenvalue weighted by Gasteiger charge is -2.03. The molecule has 0 radical (unpaired) electrons. The van der Waals surface area contributed by atoms with Gasteiger partial charge >= 0.3 is 0 Å². The lowest BCUT2D eigenvalue weighted by molar-refractivity contribution is 0.617. The van der Waals surface area contributed by atoms with Gasteiger partial charge in [-0.2, -0.15) is 0 Å². The van der Waals surface area contributed by atoms with Crippen molar-refractivity contribution < 1.29 is 8.78 Å². The van der Waals surface area contributed by atoms with E-state index in [0.29, 0.717) is 11.3 Å². The van der Waals surface area contributed by atoms with Crippen LogP contribution in [0.25, 0.3) is 0 Å². The third-order valence-corrected chi connectivity index (χ3v) is 3.23. The SMILES string of the molecule is Fc1ccc(SCc2ccccc2F)cc1. The summed E-state index contributed by atoms with van der Waals surface area (Å²) in [5.74, 6) is 0.102. The molecule has 0 aliphatic heterocycles. The summed E-state index contributed by atoms with van der Waals surface area (Å²) in [6, 6.07) is 12.9. The second-order valence-corrected chi connectivity index (χ2v) is 4.38. The van der Waals surface area contributed by atoms with Crippen molar-refractivity contribution in [3.63, 3.8) is 0 Å². The summed E-state index contributed by atoms with van der Waals surface area (Å²) in [6.07, 6.45) is 0. The molecule has 0 saturated carbocycles. The van der Waals surface area contributed by atoms with Crippen LogP contribution in [0.4, 0.5) is 8.78 Å². The van der Waals surface area contributed by atoms with Crippen molar-refractivity contribution in [3.8, 4) is 0 Å². The molecule has 0 aliphatic rings. The molecule has 0 amide bonds. The lowest BCUT2D eigenvalue weighted by atomic mass is 10.2. The fourth-order valence-electron chi connectivity index (χ4n) is 1.31. The Hall–Kier alpha value is -1.35. The van der Waals surface area contributed by atoms with Crippen molar-refractivity contribution >= 4 is 11.8 Å². The van der Waals surface area contributed by atoms with E-state index >= 15 is 0 Å². The topological polar surface area (TPSA) is 0 Å².